The van der Waals surface area contributed by atoms with Gasteiger partial charge in [-0.3, -0.25) is 9.59 Å². The lowest BCUT2D eigenvalue weighted by molar-refractivity contribution is -0.146. The summed E-state index contributed by atoms with van der Waals surface area (Å²) < 4.78 is 0. The summed E-state index contributed by atoms with van der Waals surface area (Å²) in [6.45, 7) is 3.92. The van der Waals surface area contributed by atoms with Crippen molar-refractivity contribution in [3.63, 3.8) is 0 Å². The number of carboxylic acid groups (broad SMARTS) is 1. The first-order valence-electron chi connectivity index (χ1n) is 6.52. The topological polar surface area (TPSA) is 66.4 Å². The van der Waals surface area contributed by atoms with Crippen molar-refractivity contribution in [3.8, 4) is 12.3 Å². The summed E-state index contributed by atoms with van der Waals surface area (Å²) in [5.74, 6) is 0.742. The normalized spacial score (nSPS) is 28.4. The van der Waals surface area contributed by atoms with Crippen LogP contribution in [-0.4, -0.2) is 23.0 Å². The molecule has 0 aliphatic heterocycles. The molecular formula is C14H21NO3. The molecule has 4 nitrogen and oxygen atoms in total. The van der Waals surface area contributed by atoms with E-state index < -0.39 is 17.8 Å². The number of nitrogens with one attached hydrogen (secondary N) is 1. The highest BCUT2D eigenvalue weighted by molar-refractivity contribution is 5.85. The van der Waals surface area contributed by atoms with Crippen LogP contribution in [0.1, 0.15) is 39.5 Å². The highest BCUT2D eigenvalue weighted by Crippen LogP contribution is 2.38. The SMILES string of the molecule is C#CC(CC)NC(=O)C1CC(CC)CC1C(=O)O. The van der Waals surface area contributed by atoms with E-state index >= 15 is 0 Å². The van der Waals surface area contributed by atoms with Crippen molar-refractivity contribution < 1.29 is 14.7 Å². The molecule has 1 aliphatic carbocycles. The van der Waals surface area contributed by atoms with Gasteiger partial charge in [0.05, 0.1) is 17.9 Å². The number of carboxylic acids is 1. The van der Waals surface area contributed by atoms with Crippen LogP contribution in [0, 0.1) is 30.1 Å². The van der Waals surface area contributed by atoms with Crippen LogP contribution in [0.25, 0.3) is 0 Å². The van der Waals surface area contributed by atoms with Gasteiger partial charge in [0.1, 0.15) is 0 Å². The zero-order valence-electron chi connectivity index (χ0n) is 11.0. The Hall–Kier alpha value is -1.50. The fourth-order valence-electron chi connectivity index (χ4n) is 2.58. The molecule has 1 fully saturated rings. The minimum Gasteiger partial charge on any atom is -0.481 e. The molecule has 0 aromatic carbocycles. The summed E-state index contributed by atoms with van der Waals surface area (Å²) >= 11 is 0. The number of hydrogen-bond acceptors (Lipinski definition) is 2. The number of rotatable bonds is 5. The number of carbonyl (C=O) groups is 2. The van der Waals surface area contributed by atoms with Gasteiger partial charge in [0, 0.05) is 0 Å². The van der Waals surface area contributed by atoms with Crippen molar-refractivity contribution in [1.29, 1.82) is 0 Å². The van der Waals surface area contributed by atoms with Gasteiger partial charge in [-0.1, -0.05) is 26.2 Å². The Morgan fingerprint density at radius 3 is 2.44 bits per heavy atom. The first kappa shape index (κ1) is 14.6. The second-order valence-electron chi connectivity index (χ2n) is 4.93. The molecule has 4 heteroatoms. The number of aliphatic carboxylic acids is 1. The van der Waals surface area contributed by atoms with Crippen molar-refractivity contribution in [1.82, 2.24) is 5.32 Å². The van der Waals surface area contributed by atoms with Crippen LogP contribution >= 0.6 is 0 Å². The van der Waals surface area contributed by atoms with E-state index in [4.69, 9.17) is 6.42 Å². The molecule has 0 aromatic heterocycles. The van der Waals surface area contributed by atoms with Crippen LogP contribution in [-0.2, 0) is 9.59 Å². The lowest BCUT2D eigenvalue weighted by atomic mass is 9.95. The molecule has 1 amide bonds. The van der Waals surface area contributed by atoms with E-state index in [0.717, 1.165) is 6.42 Å². The molecule has 1 aliphatic rings. The van der Waals surface area contributed by atoms with Gasteiger partial charge in [0.25, 0.3) is 0 Å². The van der Waals surface area contributed by atoms with Crippen molar-refractivity contribution in [3.05, 3.63) is 0 Å². The van der Waals surface area contributed by atoms with Crippen LogP contribution in [0.4, 0.5) is 0 Å². The van der Waals surface area contributed by atoms with Gasteiger partial charge in [-0.05, 0) is 25.2 Å². The fourth-order valence-corrected chi connectivity index (χ4v) is 2.58. The first-order chi connectivity index (χ1) is 8.53. The second kappa shape index (κ2) is 6.44. The Kier molecular flexibility index (Phi) is 5.21. The van der Waals surface area contributed by atoms with Crippen LogP contribution in [0.5, 0.6) is 0 Å². The maximum Gasteiger partial charge on any atom is 0.307 e. The predicted octanol–water partition coefficient (Wildman–Crippen LogP) is 1.65. The van der Waals surface area contributed by atoms with E-state index in [1.54, 1.807) is 0 Å². The quantitative estimate of drug-likeness (QED) is 0.730. The Bertz CT molecular complexity index is 359. The van der Waals surface area contributed by atoms with E-state index in [9.17, 15) is 14.7 Å². The van der Waals surface area contributed by atoms with Gasteiger partial charge < -0.3 is 10.4 Å². The van der Waals surface area contributed by atoms with Crippen LogP contribution in [0.3, 0.4) is 0 Å². The summed E-state index contributed by atoms with van der Waals surface area (Å²) in [4.78, 5) is 23.3. The van der Waals surface area contributed by atoms with Gasteiger partial charge in [-0.15, -0.1) is 6.42 Å². The molecule has 1 rings (SSSR count). The lowest BCUT2D eigenvalue weighted by Gasteiger charge is -2.18. The number of hydrogen-bond donors (Lipinski definition) is 2. The molecule has 0 heterocycles. The van der Waals surface area contributed by atoms with E-state index in [-0.39, 0.29) is 11.9 Å². The number of amides is 1. The third-order valence-corrected chi connectivity index (χ3v) is 3.82. The van der Waals surface area contributed by atoms with Gasteiger partial charge in [0.15, 0.2) is 0 Å². The molecule has 18 heavy (non-hydrogen) atoms. The maximum absolute atomic E-state index is 12.1. The van der Waals surface area contributed by atoms with E-state index in [2.05, 4.69) is 11.2 Å². The lowest BCUT2D eigenvalue weighted by Crippen LogP contribution is -2.40. The maximum atomic E-state index is 12.1. The molecule has 0 bridgehead atoms. The summed E-state index contributed by atoms with van der Waals surface area (Å²) in [5, 5.41) is 11.9. The fraction of sp³-hybridized carbons (Fsp3) is 0.714. The smallest absolute Gasteiger partial charge is 0.307 e. The molecule has 0 saturated heterocycles. The zero-order chi connectivity index (χ0) is 13.7. The monoisotopic (exact) mass is 251 g/mol. The summed E-state index contributed by atoms with van der Waals surface area (Å²) in [6.07, 6.45) is 8.12. The number of carbonyl (C=O) groups excluding carboxylic acids is 1. The standard InChI is InChI=1S/C14H21NO3/c1-4-9-7-11(12(8-9)14(17)18)13(16)15-10(5-2)6-3/h2,9-12H,4,6-8H2,1,3H3,(H,15,16)(H,17,18). The van der Waals surface area contributed by atoms with Crippen LogP contribution in [0.15, 0.2) is 0 Å². The molecule has 4 atom stereocenters. The van der Waals surface area contributed by atoms with E-state index in [1.807, 2.05) is 13.8 Å². The summed E-state index contributed by atoms with van der Waals surface area (Å²) in [7, 11) is 0. The van der Waals surface area contributed by atoms with Crippen molar-refractivity contribution in [2.45, 2.75) is 45.6 Å². The molecule has 1 saturated carbocycles. The molecular weight excluding hydrogens is 230 g/mol. The van der Waals surface area contributed by atoms with Gasteiger partial charge in [0.2, 0.25) is 5.91 Å². The molecule has 0 radical (unpaired) electrons. The van der Waals surface area contributed by atoms with Crippen LogP contribution in [0.2, 0.25) is 0 Å². The van der Waals surface area contributed by atoms with Gasteiger partial charge in [-0.25, -0.2) is 0 Å². The van der Waals surface area contributed by atoms with Gasteiger partial charge in [-0.2, -0.15) is 0 Å². The van der Waals surface area contributed by atoms with Crippen molar-refractivity contribution in [2.24, 2.45) is 17.8 Å². The summed E-state index contributed by atoms with van der Waals surface area (Å²) in [6, 6.07) is -0.298. The highest BCUT2D eigenvalue weighted by Gasteiger charge is 2.42. The van der Waals surface area contributed by atoms with Crippen LogP contribution < -0.4 is 5.32 Å². The average molecular weight is 251 g/mol. The summed E-state index contributed by atoms with van der Waals surface area (Å²) in [5.41, 5.74) is 0. The molecule has 100 valence electrons. The molecule has 2 N–H and O–H groups in total. The minimum atomic E-state index is -0.875. The minimum absolute atomic E-state index is 0.205. The molecule has 0 aromatic rings. The average Bonchev–Trinajstić information content (AvgIpc) is 2.80. The largest absolute Gasteiger partial charge is 0.481 e. The predicted molar refractivity (Wildman–Crippen MR) is 68.7 cm³/mol. The van der Waals surface area contributed by atoms with Crippen molar-refractivity contribution >= 4 is 11.9 Å². The van der Waals surface area contributed by atoms with E-state index in [1.165, 1.54) is 0 Å². The van der Waals surface area contributed by atoms with E-state index in [0.29, 0.717) is 25.2 Å². The Balaban J connectivity index is 2.71. The first-order valence-corrected chi connectivity index (χ1v) is 6.52. The third-order valence-electron chi connectivity index (χ3n) is 3.82. The Morgan fingerprint density at radius 1 is 1.39 bits per heavy atom. The molecule has 4 unspecified atom stereocenters. The number of terminal acetylenes is 1. The van der Waals surface area contributed by atoms with Gasteiger partial charge >= 0.3 is 5.97 Å². The zero-order valence-corrected chi connectivity index (χ0v) is 11.0. The molecule has 0 spiro atoms. The Labute approximate surface area is 108 Å². The highest BCUT2D eigenvalue weighted by atomic mass is 16.4. The Morgan fingerprint density at radius 2 is 2.00 bits per heavy atom. The van der Waals surface area contributed by atoms with Crippen molar-refractivity contribution in [2.75, 3.05) is 0 Å². The second-order valence-corrected chi connectivity index (χ2v) is 4.93. The third kappa shape index (κ3) is 3.25.